The Balaban J connectivity index is 1.50. The van der Waals surface area contributed by atoms with E-state index in [1.165, 1.54) is 11.3 Å². The summed E-state index contributed by atoms with van der Waals surface area (Å²) in [7, 11) is 1.95. The lowest BCUT2D eigenvalue weighted by molar-refractivity contribution is -0.120. The minimum atomic E-state index is -0.205. The fourth-order valence-electron chi connectivity index (χ4n) is 2.65. The SMILES string of the molecule is CN(CCC#N)c1ccc(/C=N\NC(=O)Cc2nc(-c3ccccc3)cs2)cc1. The van der Waals surface area contributed by atoms with E-state index in [0.29, 0.717) is 13.0 Å². The molecule has 0 aliphatic rings. The fourth-order valence-corrected chi connectivity index (χ4v) is 3.45. The lowest BCUT2D eigenvalue weighted by atomic mass is 10.2. The molecule has 1 aromatic heterocycles. The molecule has 0 radical (unpaired) electrons. The molecule has 0 atom stereocenters. The van der Waals surface area contributed by atoms with Crippen molar-refractivity contribution >= 4 is 29.1 Å². The summed E-state index contributed by atoms with van der Waals surface area (Å²) in [5.74, 6) is -0.205. The standard InChI is InChI=1S/C22H21N5OS/c1-27(13-5-12-23)19-10-8-17(9-11-19)15-24-26-21(28)14-22-25-20(16-29-22)18-6-3-2-4-7-18/h2-4,6-11,15-16H,5,13-14H2,1H3,(H,26,28)/b24-15-. The molecular weight excluding hydrogens is 382 g/mol. The molecule has 0 aliphatic heterocycles. The van der Waals surface area contributed by atoms with Gasteiger partial charge in [-0.1, -0.05) is 42.5 Å². The van der Waals surface area contributed by atoms with Crippen LogP contribution in [0.5, 0.6) is 0 Å². The number of nitrogens with one attached hydrogen (secondary N) is 1. The lowest BCUT2D eigenvalue weighted by Crippen LogP contribution is -2.19. The maximum atomic E-state index is 12.1. The number of nitrogens with zero attached hydrogens (tertiary/aromatic N) is 4. The molecule has 146 valence electrons. The third kappa shape index (κ3) is 5.99. The van der Waals surface area contributed by atoms with Crippen LogP contribution >= 0.6 is 11.3 Å². The van der Waals surface area contributed by atoms with Gasteiger partial charge < -0.3 is 4.90 Å². The van der Waals surface area contributed by atoms with Crippen LogP contribution in [0.1, 0.15) is 17.0 Å². The monoisotopic (exact) mass is 403 g/mol. The fraction of sp³-hybridized carbons (Fsp3) is 0.182. The third-order valence-electron chi connectivity index (χ3n) is 4.23. The summed E-state index contributed by atoms with van der Waals surface area (Å²) in [6.07, 6.45) is 2.28. The van der Waals surface area contributed by atoms with Crippen molar-refractivity contribution in [1.82, 2.24) is 10.4 Å². The highest BCUT2D eigenvalue weighted by molar-refractivity contribution is 7.10. The zero-order valence-corrected chi connectivity index (χ0v) is 16.9. The first-order chi connectivity index (χ1) is 14.2. The van der Waals surface area contributed by atoms with Crippen molar-refractivity contribution in [2.75, 3.05) is 18.5 Å². The summed E-state index contributed by atoms with van der Waals surface area (Å²) in [6, 6.07) is 19.8. The molecule has 6 nitrogen and oxygen atoms in total. The second-order valence-corrected chi connectivity index (χ2v) is 7.33. The first-order valence-corrected chi connectivity index (χ1v) is 10.0. The number of thiazole rings is 1. The summed E-state index contributed by atoms with van der Waals surface area (Å²) < 4.78 is 0. The molecule has 0 spiro atoms. The highest BCUT2D eigenvalue weighted by Gasteiger charge is 2.08. The number of benzene rings is 2. The maximum absolute atomic E-state index is 12.1. The predicted octanol–water partition coefficient (Wildman–Crippen LogP) is 3.85. The predicted molar refractivity (Wildman–Crippen MR) is 117 cm³/mol. The number of nitriles is 1. The summed E-state index contributed by atoms with van der Waals surface area (Å²) in [5, 5.41) is 15.4. The maximum Gasteiger partial charge on any atom is 0.246 e. The Hall–Kier alpha value is -3.50. The van der Waals surface area contributed by atoms with Gasteiger partial charge in [-0.2, -0.15) is 10.4 Å². The van der Waals surface area contributed by atoms with Crippen LogP contribution < -0.4 is 10.3 Å². The average molecular weight is 404 g/mol. The van der Waals surface area contributed by atoms with Crippen LogP contribution in [0.4, 0.5) is 5.69 Å². The Morgan fingerprint density at radius 2 is 2.00 bits per heavy atom. The van der Waals surface area contributed by atoms with E-state index in [4.69, 9.17) is 5.26 Å². The smallest absolute Gasteiger partial charge is 0.246 e. The van der Waals surface area contributed by atoms with Gasteiger partial charge >= 0.3 is 0 Å². The molecule has 3 rings (SSSR count). The molecule has 1 amide bonds. The average Bonchev–Trinajstić information content (AvgIpc) is 3.21. The zero-order chi connectivity index (χ0) is 20.5. The Kier molecular flexibility index (Phi) is 7.09. The number of rotatable bonds is 8. The van der Waals surface area contributed by atoms with E-state index in [0.717, 1.165) is 27.5 Å². The molecule has 1 heterocycles. The van der Waals surface area contributed by atoms with Gasteiger partial charge in [0.25, 0.3) is 0 Å². The molecule has 7 heteroatoms. The molecule has 2 aromatic carbocycles. The van der Waals surface area contributed by atoms with Gasteiger partial charge in [-0.3, -0.25) is 4.79 Å². The number of anilines is 1. The molecule has 0 fully saturated rings. The first kappa shape index (κ1) is 20.2. The number of hydrogen-bond acceptors (Lipinski definition) is 6. The van der Waals surface area contributed by atoms with Gasteiger partial charge in [0.05, 0.1) is 30.8 Å². The van der Waals surface area contributed by atoms with E-state index in [-0.39, 0.29) is 12.3 Å². The largest absolute Gasteiger partial charge is 0.374 e. The normalized spacial score (nSPS) is 10.6. The van der Waals surface area contributed by atoms with E-state index in [1.807, 2.05) is 71.9 Å². The van der Waals surface area contributed by atoms with E-state index in [1.54, 1.807) is 6.21 Å². The van der Waals surface area contributed by atoms with Crippen LogP contribution in [-0.4, -0.2) is 30.7 Å². The first-order valence-electron chi connectivity index (χ1n) is 9.15. The second-order valence-electron chi connectivity index (χ2n) is 6.38. The van der Waals surface area contributed by atoms with Crippen molar-refractivity contribution in [3.8, 4) is 17.3 Å². The van der Waals surface area contributed by atoms with Gasteiger partial charge in [0.15, 0.2) is 0 Å². The molecule has 3 aromatic rings. The molecule has 0 saturated carbocycles. The summed E-state index contributed by atoms with van der Waals surface area (Å²) in [6.45, 7) is 0.683. The minimum absolute atomic E-state index is 0.192. The van der Waals surface area contributed by atoms with Crippen molar-refractivity contribution in [3.63, 3.8) is 0 Å². The molecule has 0 saturated heterocycles. The lowest BCUT2D eigenvalue weighted by Gasteiger charge is -2.17. The number of amides is 1. The Morgan fingerprint density at radius 3 is 2.72 bits per heavy atom. The van der Waals surface area contributed by atoms with Gasteiger partial charge in [0.1, 0.15) is 5.01 Å². The van der Waals surface area contributed by atoms with Crippen LogP contribution in [0.15, 0.2) is 65.1 Å². The molecule has 0 aliphatic carbocycles. The van der Waals surface area contributed by atoms with Crippen LogP contribution in [0.2, 0.25) is 0 Å². The van der Waals surface area contributed by atoms with Crippen LogP contribution in [0, 0.1) is 11.3 Å². The van der Waals surface area contributed by atoms with Crippen molar-refractivity contribution in [1.29, 1.82) is 5.26 Å². The summed E-state index contributed by atoms with van der Waals surface area (Å²) in [5.41, 5.74) is 6.36. The summed E-state index contributed by atoms with van der Waals surface area (Å²) >= 11 is 1.46. The quantitative estimate of drug-likeness (QED) is 0.457. The molecule has 0 bridgehead atoms. The number of carbonyl (C=O) groups is 1. The van der Waals surface area contributed by atoms with E-state index < -0.39 is 0 Å². The van der Waals surface area contributed by atoms with Crippen LogP contribution in [-0.2, 0) is 11.2 Å². The summed E-state index contributed by atoms with van der Waals surface area (Å²) in [4.78, 5) is 18.6. The molecule has 0 unspecified atom stereocenters. The van der Waals surface area contributed by atoms with Gasteiger partial charge in [-0.15, -0.1) is 11.3 Å². The van der Waals surface area contributed by atoms with E-state index in [2.05, 4.69) is 21.6 Å². The van der Waals surface area contributed by atoms with E-state index in [9.17, 15) is 4.79 Å². The zero-order valence-electron chi connectivity index (χ0n) is 16.1. The van der Waals surface area contributed by atoms with Gasteiger partial charge in [0, 0.05) is 30.2 Å². The Morgan fingerprint density at radius 1 is 1.24 bits per heavy atom. The van der Waals surface area contributed by atoms with Gasteiger partial charge in [-0.05, 0) is 17.7 Å². The molecule has 1 N–H and O–H groups in total. The third-order valence-corrected chi connectivity index (χ3v) is 5.08. The van der Waals surface area contributed by atoms with E-state index >= 15 is 0 Å². The number of aromatic nitrogens is 1. The van der Waals surface area contributed by atoms with Crippen molar-refractivity contribution in [3.05, 3.63) is 70.5 Å². The number of hydrogen-bond donors (Lipinski definition) is 1. The van der Waals surface area contributed by atoms with Crippen molar-refractivity contribution in [2.24, 2.45) is 5.10 Å². The van der Waals surface area contributed by atoms with Gasteiger partial charge in [0.2, 0.25) is 5.91 Å². The van der Waals surface area contributed by atoms with Crippen molar-refractivity contribution < 1.29 is 4.79 Å². The van der Waals surface area contributed by atoms with Crippen molar-refractivity contribution in [2.45, 2.75) is 12.8 Å². The Bertz CT molecular complexity index is 1010. The number of carbonyl (C=O) groups excluding carboxylic acids is 1. The van der Waals surface area contributed by atoms with Gasteiger partial charge in [-0.25, -0.2) is 10.4 Å². The number of hydrazone groups is 1. The topological polar surface area (TPSA) is 81.4 Å². The van der Waals surface area contributed by atoms with Crippen LogP contribution in [0.25, 0.3) is 11.3 Å². The highest BCUT2D eigenvalue weighted by Crippen LogP contribution is 2.21. The van der Waals surface area contributed by atoms with Crippen LogP contribution in [0.3, 0.4) is 0 Å². The second kappa shape index (κ2) is 10.2. The molecule has 29 heavy (non-hydrogen) atoms. The highest BCUT2D eigenvalue weighted by atomic mass is 32.1. The molecular formula is C22H21N5OS. The Labute approximate surface area is 174 Å². The minimum Gasteiger partial charge on any atom is -0.374 e.